The normalized spacial score (nSPS) is 20.1. The van der Waals surface area contributed by atoms with Crippen LogP contribution >= 0.6 is 11.6 Å². The number of piperidine rings is 1. The molecule has 1 amide bonds. The number of likely N-dealkylation sites (tertiary alicyclic amines) is 1. The molecule has 1 rings (SSSR count). The van der Waals surface area contributed by atoms with Crippen molar-refractivity contribution in [2.75, 3.05) is 26.7 Å². The van der Waals surface area contributed by atoms with Gasteiger partial charge in [0.25, 0.3) is 0 Å². The van der Waals surface area contributed by atoms with E-state index in [4.69, 9.17) is 11.6 Å². The third kappa shape index (κ3) is 4.47. The van der Waals surface area contributed by atoms with Gasteiger partial charge >= 0.3 is 0 Å². The predicted octanol–water partition coefficient (Wildman–Crippen LogP) is 2.19. The van der Waals surface area contributed by atoms with E-state index in [0.717, 1.165) is 38.4 Å². The van der Waals surface area contributed by atoms with Crippen molar-refractivity contribution in [2.45, 2.75) is 45.0 Å². The fourth-order valence-corrected chi connectivity index (χ4v) is 2.34. The minimum atomic E-state index is -0.384. The Bertz CT molecular complexity index is 248. The van der Waals surface area contributed by atoms with Crippen molar-refractivity contribution in [1.82, 2.24) is 9.80 Å². The van der Waals surface area contributed by atoms with Gasteiger partial charge in [0.2, 0.25) is 5.91 Å². The first-order chi connectivity index (χ1) is 7.91. The highest BCUT2D eigenvalue weighted by atomic mass is 35.5. The summed E-state index contributed by atoms with van der Waals surface area (Å²) in [4.78, 5) is 16.0. The van der Waals surface area contributed by atoms with Crippen LogP contribution in [0.15, 0.2) is 0 Å². The van der Waals surface area contributed by atoms with Gasteiger partial charge in [0, 0.05) is 25.7 Å². The molecule has 4 heteroatoms. The lowest BCUT2D eigenvalue weighted by molar-refractivity contribution is -0.131. The van der Waals surface area contributed by atoms with Crippen LogP contribution in [0.2, 0.25) is 0 Å². The maximum absolute atomic E-state index is 11.7. The first kappa shape index (κ1) is 14.8. The van der Waals surface area contributed by atoms with E-state index in [1.54, 1.807) is 6.92 Å². The summed E-state index contributed by atoms with van der Waals surface area (Å²) < 4.78 is 0. The van der Waals surface area contributed by atoms with E-state index in [1.165, 1.54) is 0 Å². The highest BCUT2D eigenvalue weighted by Crippen LogP contribution is 2.20. The zero-order valence-corrected chi connectivity index (χ0v) is 12.2. The van der Waals surface area contributed by atoms with Gasteiger partial charge in [-0.2, -0.15) is 0 Å². The Morgan fingerprint density at radius 2 is 1.88 bits per heavy atom. The number of hydrogen-bond donors (Lipinski definition) is 0. The highest BCUT2D eigenvalue weighted by Gasteiger charge is 2.25. The number of halogens is 1. The maximum atomic E-state index is 11.7. The van der Waals surface area contributed by atoms with Gasteiger partial charge in [-0.15, -0.1) is 11.6 Å². The Kier molecular flexibility index (Phi) is 5.74. The average molecular weight is 261 g/mol. The topological polar surface area (TPSA) is 23.6 Å². The van der Waals surface area contributed by atoms with Gasteiger partial charge in [-0.3, -0.25) is 4.79 Å². The lowest BCUT2D eigenvalue weighted by Crippen LogP contribution is -2.44. The van der Waals surface area contributed by atoms with Crippen LogP contribution in [0.25, 0.3) is 0 Å². The molecule has 0 bridgehead atoms. The minimum Gasteiger partial charge on any atom is -0.341 e. The lowest BCUT2D eigenvalue weighted by Gasteiger charge is -2.35. The number of rotatable bonds is 4. The fourth-order valence-electron chi connectivity index (χ4n) is 2.21. The Morgan fingerprint density at radius 3 is 2.29 bits per heavy atom. The van der Waals surface area contributed by atoms with Gasteiger partial charge in [0.15, 0.2) is 0 Å². The van der Waals surface area contributed by atoms with Crippen molar-refractivity contribution in [3.8, 4) is 0 Å². The van der Waals surface area contributed by atoms with Gasteiger partial charge in [-0.25, -0.2) is 0 Å². The van der Waals surface area contributed by atoms with E-state index >= 15 is 0 Å². The monoisotopic (exact) mass is 260 g/mol. The second-order valence-corrected chi connectivity index (χ2v) is 6.07. The molecule has 3 nitrogen and oxygen atoms in total. The van der Waals surface area contributed by atoms with Crippen molar-refractivity contribution in [2.24, 2.45) is 5.92 Å². The lowest BCUT2D eigenvalue weighted by atomic mass is 9.95. The number of carbonyl (C=O) groups excluding carboxylic acids is 1. The Hall–Kier alpha value is -0.280. The van der Waals surface area contributed by atoms with E-state index < -0.39 is 0 Å². The number of carbonyl (C=O) groups is 1. The molecule has 0 saturated carbocycles. The smallest absolute Gasteiger partial charge is 0.240 e. The molecule has 100 valence electrons. The van der Waals surface area contributed by atoms with Gasteiger partial charge in [0.05, 0.1) is 0 Å². The number of hydrogen-bond acceptors (Lipinski definition) is 2. The van der Waals surface area contributed by atoms with Gasteiger partial charge < -0.3 is 9.80 Å². The molecule has 1 heterocycles. The quantitative estimate of drug-likeness (QED) is 0.724. The zero-order valence-electron chi connectivity index (χ0n) is 11.4. The van der Waals surface area contributed by atoms with E-state index in [9.17, 15) is 4.79 Å². The summed E-state index contributed by atoms with van der Waals surface area (Å²) in [5.41, 5.74) is 0. The summed E-state index contributed by atoms with van der Waals surface area (Å²) in [5.74, 6) is 0.805. The van der Waals surface area contributed by atoms with Crippen molar-refractivity contribution in [1.29, 1.82) is 0 Å². The minimum absolute atomic E-state index is 0.0855. The van der Waals surface area contributed by atoms with Crippen LogP contribution in [0.3, 0.4) is 0 Å². The summed E-state index contributed by atoms with van der Waals surface area (Å²) >= 11 is 5.82. The summed E-state index contributed by atoms with van der Waals surface area (Å²) in [7, 11) is 2.17. The number of amides is 1. The molecule has 0 aromatic heterocycles. The van der Waals surface area contributed by atoms with Crippen molar-refractivity contribution >= 4 is 17.5 Å². The summed E-state index contributed by atoms with van der Waals surface area (Å²) in [5, 5.41) is -0.384. The third-order valence-corrected chi connectivity index (χ3v) is 3.88. The van der Waals surface area contributed by atoms with E-state index in [2.05, 4.69) is 25.8 Å². The Balaban J connectivity index is 2.33. The Labute approximate surface area is 110 Å². The van der Waals surface area contributed by atoms with Crippen molar-refractivity contribution < 1.29 is 4.79 Å². The van der Waals surface area contributed by atoms with Crippen LogP contribution in [0, 0.1) is 5.92 Å². The molecular formula is C13H25ClN2O. The second kappa shape index (κ2) is 6.60. The highest BCUT2D eigenvalue weighted by molar-refractivity contribution is 6.30. The molecule has 1 fully saturated rings. The molecule has 17 heavy (non-hydrogen) atoms. The first-order valence-electron chi connectivity index (χ1n) is 6.55. The number of alkyl halides is 1. The van der Waals surface area contributed by atoms with Gasteiger partial charge in [-0.1, -0.05) is 0 Å². The molecule has 1 atom stereocenters. The largest absolute Gasteiger partial charge is 0.341 e. The second-order valence-electron chi connectivity index (χ2n) is 5.42. The molecule has 1 aliphatic heterocycles. The van der Waals surface area contributed by atoms with Crippen molar-refractivity contribution in [3.05, 3.63) is 0 Å². The SMILES string of the molecule is CC(Cl)C(=O)N1CCC(CN(C)C(C)C)CC1. The zero-order chi connectivity index (χ0) is 13.0. The first-order valence-corrected chi connectivity index (χ1v) is 6.98. The van der Waals surface area contributed by atoms with Crippen LogP contribution in [0.5, 0.6) is 0 Å². The van der Waals surface area contributed by atoms with Crippen LogP contribution in [0.4, 0.5) is 0 Å². The van der Waals surface area contributed by atoms with Crippen LogP contribution in [-0.4, -0.2) is 53.8 Å². The maximum Gasteiger partial charge on any atom is 0.240 e. The molecule has 0 aliphatic carbocycles. The van der Waals surface area contributed by atoms with Crippen LogP contribution in [0.1, 0.15) is 33.6 Å². The summed E-state index contributed by atoms with van der Waals surface area (Å²) in [6.07, 6.45) is 2.21. The van der Waals surface area contributed by atoms with Crippen LogP contribution < -0.4 is 0 Å². The summed E-state index contributed by atoms with van der Waals surface area (Å²) in [6.45, 7) is 9.05. The standard InChI is InChI=1S/C13H25ClN2O/c1-10(2)15(4)9-12-5-7-16(8-6-12)13(17)11(3)14/h10-12H,5-9H2,1-4H3. The molecule has 1 unspecified atom stereocenters. The van der Waals surface area contributed by atoms with Gasteiger partial charge in [-0.05, 0) is 46.6 Å². The van der Waals surface area contributed by atoms with Crippen molar-refractivity contribution in [3.63, 3.8) is 0 Å². The predicted molar refractivity (Wildman–Crippen MR) is 72.4 cm³/mol. The van der Waals surface area contributed by atoms with Gasteiger partial charge in [0.1, 0.15) is 5.38 Å². The van der Waals surface area contributed by atoms with E-state index in [-0.39, 0.29) is 11.3 Å². The molecule has 0 radical (unpaired) electrons. The molecule has 0 aromatic rings. The Morgan fingerprint density at radius 1 is 1.35 bits per heavy atom. The molecule has 0 spiro atoms. The molecular weight excluding hydrogens is 236 g/mol. The molecule has 0 N–H and O–H groups in total. The molecule has 1 saturated heterocycles. The third-order valence-electron chi connectivity index (χ3n) is 3.69. The molecule has 0 aromatic carbocycles. The number of nitrogens with zero attached hydrogens (tertiary/aromatic N) is 2. The van der Waals surface area contributed by atoms with E-state index in [1.807, 2.05) is 4.90 Å². The van der Waals surface area contributed by atoms with E-state index in [0.29, 0.717) is 6.04 Å². The summed E-state index contributed by atoms with van der Waals surface area (Å²) in [6, 6.07) is 0.595. The average Bonchev–Trinajstić information content (AvgIpc) is 2.28. The van der Waals surface area contributed by atoms with Crippen LogP contribution in [-0.2, 0) is 4.79 Å². The molecule has 1 aliphatic rings. The fraction of sp³-hybridized carbons (Fsp3) is 0.923.